The molecular formula is C9H16N2OS. The Bertz CT molecular complexity index is 180. The molecule has 0 aliphatic carbocycles. The van der Waals surface area contributed by atoms with Crippen molar-refractivity contribution in [3.8, 4) is 0 Å². The molecule has 4 heteroatoms. The molecule has 0 amide bonds. The van der Waals surface area contributed by atoms with Gasteiger partial charge in [-0.15, -0.1) is 11.8 Å². The van der Waals surface area contributed by atoms with Crippen LogP contribution < -0.4 is 0 Å². The van der Waals surface area contributed by atoms with Crippen molar-refractivity contribution in [1.82, 2.24) is 4.90 Å². The fourth-order valence-electron chi connectivity index (χ4n) is 1.64. The van der Waals surface area contributed by atoms with Crippen molar-refractivity contribution in [2.75, 3.05) is 38.6 Å². The molecule has 1 atom stereocenters. The van der Waals surface area contributed by atoms with E-state index in [4.69, 9.17) is 4.74 Å². The second kappa shape index (κ2) is 4.98. The topological polar surface area (TPSA) is 24.8 Å². The number of thioether (sulfide) groups is 1. The normalized spacial score (nSPS) is 29.7. The summed E-state index contributed by atoms with van der Waals surface area (Å²) in [6.45, 7) is 5.20. The van der Waals surface area contributed by atoms with Gasteiger partial charge in [-0.1, -0.05) is 0 Å². The Kier molecular flexibility index (Phi) is 3.64. The van der Waals surface area contributed by atoms with Crippen LogP contribution in [0, 0.1) is 0 Å². The Labute approximate surface area is 83.5 Å². The van der Waals surface area contributed by atoms with Gasteiger partial charge >= 0.3 is 0 Å². The first-order valence-electron chi connectivity index (χ1n) is 4.88. The van der Waals surface area contributed by atoms with Crippen LogP contribution in [-0.4, -0.2) is 55.1 Å². The van der Waals surface area contributed by atoms with Crippen molar-refractivity contribution in [3.63, 3.8) is 0 Å². The molecular weight excluding hydrogens is 184 g/mol. The van der Waals surface area contributed by atoms with Gasteiger partial charge in [0, 0.05) is 25.4 Å². The zero-order valence-electron chi connectivity index (χ0n) is 7.82. The minimum absolute atomic E-state index is 0.577. The first-order chi connectivity index (χ1) is 6.45. The predicted molar refractivity (Wildman–Crippen MR) is 56.6 cm³/mol. The van der Waals surface area contributed by atoms with Crippen LogP contribution >= 0.6 is 11.8 Å². The Morgan fingerprint density at radius 2 is 2.31 bits per heavy atom. The Balaban J connectivity index is 1.63. The molecule has 0 unspecified atom stereocenters. The number of morpholine rings is 1. The van der Waals surface area contributed by atoms with Gasteiger partial charge in [-0.25, -0.2) is 0 Å². The number of nitrogens with zero attached hydrogens (tertiary/aromatic N) is 2. The summed E-state index contributed by atoms with van der Waals surface area (Å²) in [5.74, 6) is 1.18. The summed E-state index contributed by atoms with van der Waals surface area (Å²) in [5.41, 5.74) is 1.99. The molecule has 0 aromatic carbocycles. The smallest absolute Gasteiger partial charge is 0.0612 e. The quantitative estimate of drug-likeness (QED) is 0.675. The maximum Gasteiger partial charge on any atom is 0.0612 e. The molecule has 3 nitrogen and oxygen atoms in total. The monoisotopic (exact) mass is 200 g/mol. The van der Waals surface area contributed by atoms with Crippen LogP contribution in [0.4, 0.5) is 0 Å². The zero-order chi connectivity index (χ0) is 8.93. The van der Waals surface area contributed by atoms with E-state index in [2.05, 4.69) is 9.89 Å². The number of aliphatic imine (C=N–C) groups is 1. The maximum atomic E-state index is 5.30. The molecule has 0 saturated carbocycles. The van der Waals surface area contributed by atoms with Crippen molar-refractivity contribution in [1.29, 1.82) is 0 Å². The number of rotatable bonds is 3. The van der Waals surface area contributed by atoms with Gasteiger partial charge < -0.3 is 4.74 Å². The lowest BCUT2D eigenvalue weighted by molar-refractivity contribution is 0.0369. The van der Waals surface area contributed by atoms with Crippen LogP contribution in [0.2, 0.25) is 0 Å². The first-order valence-corrected chi connectivity index (χ1v) is 5.93. The molecule has 1 fully saturated rings. The fourth-order valence-corrected chi connectivity index (χ4v) is 2.46. The number of hydrogen-bond donors (Lipinski definition) is 0. The van der Waals surface area contributed by atoms with Crippen LogP contribution in [0.25, 0.3) is 0 Å². The van der Waals surface area contributed by atoms with E-state index in [1.165, 1.54) is 18.7 Å². The zero-order valence-corrected chi connectivity index (χ0v) is 8.63. The maximum absolute atomic E-state index is 5.30. The third-order valence-corrected chi connectivity index (χ3v) is 3.37. The number of ether oxygens (including phenoxy) is 1. The van der Waals surface area contributed by atoms with Crippen molar-refractivity contribution < 1.29 is 4.74 Å². The molecule has 0 bridgehead atoms. The van der Waals surface area contributed by atoms with E-state index in [9.17, 15) is 0 Å². The molecule has 0 spiro atoms. The summed E-state index contributed by atoms with van der Waals surface area (Å²) >= 11 is 1.83. The van der Waals surface area contributed by atoms with Gasteiger partial charge in [-0.05, 0) is 6.42 Å². The lowest BCUT2D eigenvalue weighted by atomic mass is 10.2. The number of hydrogen-bond acceptors (Lipinski definition) is 4. The predicted octanol–water partition coefficient (Wildman–Crippen LogP) is 0.852. The third kappa shape index (κ3) is 2.97. The summed E-state index contributed by atoms with van der Waals surface area (Å²) in [5, 5.41) is 0. The molecule has 0 N–H and O–H groups in total. The van der Waals surface area contributed by atoms with Gasteiger partial charge in [0.2, 0.25) is 0 Å². The molecule has 0 aromatic heterocycles. The standard InChI is InChI=1S/C9H16N2OS/c1(9-7-13-8-10-9)2-11-3-5-12-6-4-11/h8-9H,1-7H2/t9-/m0/s1. The summed E-state index contributed by atoms with van der Waals surface area (Å²) in [4.78, 5) is 6.87. The van der Waals surface area contributed by atoms with Crippen molar-refractivity contribution in [2.45, 2.75) is 12.5 Å². The van der Waals surface area contributed by atoms with E-state index in [0.717, 1.165) is 26.3 Å². The average molecular weight is 200 g/mol. The summed E-state index contributed by atoms with van der Waals surface area (Å²) < 4.78 is 5.30. The summed E-state index contributed by atoms with van der Waals surface area (Å²) in [6.07, 6.45) is 1.21. The second-order valence-electron chi connectivity index (χ2n) is 3.48. The van der Waals surface area contributed by atoms with Crippen LogP contribution in [0.5, 0.6) is 0 Å². The van der Waals surface area contributed by atoms with Crippen molar-refractivity contribution in [2.24, 2.45) is 4.99 Å². The SMILES string of the molecule is C1=N[C@@H](CCN2CCOCC2)CS1. The van der Waals surface area contributed by atoms with Crippen LogP contribution in [0.15, 0.2) is 4.99 Å². The third-order valence-electron chi connectivity index (χ3n) is 2.52. The van der Waals surface area contributed by atoms with E-state index in [1.54, 1.807) is 0 Å². The molecule has 0 aromatic rings. The molecule has 2 aliphatic heterocycles. The van der Waals surface area contributed by atoms with Gasteiger partial charge in [0.1, 0.15) is 0 Å². The lowest BCUT2D eigenvalue weighted by Crippen LogP contribution is -2.37. The van der Waals surface area contributed by atoms with E-state index < -0.39 is 0 Å². The minimum Gasteiger partial charge on any atom is -0.379 e. The fraction of sp³-hybridized carbons (Fsp3) is 0.889. The van der Waals surface area contributed by atoms with Crippen LogP contribution in [-0.2, 0) is 4.74 Å². The molecule has 2 rings (SSSR count). The summed E-state index contributed by atoms with van der Waals surface area (Å²) in [6, 6.07) is 0.577. The molecule has 13 heavy (non-hydrogen) atoms. The van der Waals surface area contributed by atoms with Crippen molar-refractivity contribution in [3.05, 3.63) is 0 Å². The van der Waals surface area contributed by atoms with E-state index in [1.807, 2.05) is 17.3 Å². The Morgan fingerprint density at radius 3 is 3.00 bits per heavy atom. The molecule has 2 aliphatic rings. The van der Waals surface area contributed by atoms with Crippen molar-refractivity contribution >= 4 is 17.3 Å². The van der Waals surface area contributed by atoms with E-state index >= 15 is 0 Å². The second-order valence-corrected chi connectivity index (χ2v) is 4.36. The van der Waals surface area contributed by atoms with E-state index in [-0.39, 0.29) is 0 Å². The van der Waals surface area contributed by atoms with E-state index in [0.29, 0.717) is 6.04 Å². The molecule has 74 valence electrons. The lowest BCUT2D eigenvalue weighted by Gasteiger charge is -2.26. The molecule has 1 saturated heterocycles. The average Bonchev–Trinajstić information content (AvgIpc) is 2.69. The van der Waals surface area contributed by atoms with Crippen LogP contribution in [0.3, 0.4) is 0 Å². The minimum atomic E-state index is 0.577. The highest BCUT2D eigenvalue weighted by molar-refractivity contribution is 8.12. The van der Waals surface area contributed by atoms with Gasteiger partial charge in [-0.3, -0.25) is 9.89 Å². The molecule has 2 heterocycles. The highest BCUT2D eigenvalue weighted by atomic mass is 32.2. The Hall–Kier alpha value is -0.0600. The van der Waals surface area contributed by atoms with Gasteiger partial charge in [0.25, 0.3) is 0 Å². The molecule has 0 radical (unpaired) electrons. The summed E-state index contributed by atoms with van der Waals surface area (Å²) in [7, 11) is 0. The van der Waals surface area contributed by atoms with Gasteiger partial charge in [-0.2, -0.15) is 0 Å². The first kappa shape index (κ1) is 9.49. The Morgan fingerprint density at radius 1 is 1.46 bits per heavy atom. The largest absolute Gasteiger partial charge is 0.379 e. The highest BCUT2D eigenvalue weighted by Gasteiger charge is 2.14. The van der Waals surface area contributed by atoms with Gasteiger partial charge in [0.05, 0.1) is 24.8 Å². The van der Waals surface area contributed by atoms with Crippen LogP contribution in [0.1, 0.15) is 6.42 Å². The van der Waals surface area contributed by atoms with Gasteiger partial charge in [0.15, 0.2) is 0 Å². The highest BCUT2D eigenvalue weighted by Crippen LogP contribution is 2.14.